The molecule has 4 rings (SSSR count). The Bertz CT molecular complexity index is 937. The summed E-state index contributed by atoms with van der Waals surface area (Å²) in [6.45, 7) is 3.21. The Morgan fingerprint density at radius 3 is 2.92 bits per heavy atom. The van der Waals surface area contributed by atoms with Crippen LogP contribution in [-0.2, 0) is 12.8 Å². The number of rotatable bonds is 1. The monoisotopic (exact) mass is 386 g/mol. The average molecular weight is 387 g/mol. The summed E-state index contributed by atoms with van der Waals surface area (Å²) in [5.74, 6) is -0.0749. The quantitative estimate of drug-likeness (QED) is 0.637. The van der Waals surface area contributed by atoms with Gasteiger partial charge in [0.2, 0.25) is 0 Å². The van der Waals surface area contributed by atoms with Gasteiger partial charge in [0.15, 0.2) is 11.3 Å². The van der Waals surface area contributed by atoms with E-state index in [-0.39, 0.29) is 5.91 Å². The molecular formula is C16H15BrN6O. The maximum Gasteiger partial charge on any atom is 0.274 e. The molecule has 0 unspecified atom stereocenters. The molecule has 3 aromatic rings. The maximum absolute atomic E-state index is 12.8. The van der Waals surface area contributed by atoms with Crippen molar-refractivity contribution in [2.75, 3.05) is 13.1 Å². The maximum atomic E-state index is 12.8. The van der Waals surface area contributed by atoms with E-state index in [2.05, 4.69) is 42.3 Å². The average Bonchev–Trinajstić information content (AvgIpc) is 2.87. The lowest BCUT2D eigenvalue weighted by Crippen LogP contribution is -2.33. The fourth-order valence-corrected chi connectivity index (χ4v) is 3.22. The van der Waals surface area contributed by atoms with Crippen molar-refractivity contribution in [3.8, 4) is 0 Å². The van der Waals surface area contributed by atoms with Gasteiger partial charge in [0, 0.05) is 38.0 Å². The van der Waals surface area contributed by atoms with Gasteiger partial charge >= 0.3 is 0 Å². The van der Waals surface area contributed by atoms with Crippen LogP contribution in [0, 0.1) is 6.92 Å². The minimum Gasteiger partial charge on any atom is -0.337 e. The second-order valence-electron chi connectivity index (χ2n) is 5.85. The first-order valence-electron chi connectivity index (χ1n) is 7.72. The number of carbonyl (C=O) groups is 1. The minimum absolute atomic E-state index is 0.0749. The highest BCUT2D eigenvalue weighted by Gasteiger charge is 2.23. The predicted octanol–water partition coefficient (Wildman–Crippen LogP) is 1.83. The van der Waals surface area contributed by atoms with E-state index in [0.717, 1.165) is 22.3 Å². The molecule has 0 bridgehead atoms. The van der Waals surface area contributed by atoms with Crippen molar-refractivity contribution in [2.24, 2.45) is 0 Å². The summed E-state index contributed by atoms with van der Waals surface area (Å²) in [6, 6.07) is 3.78. The van der Waals surface area contributed by atoms with E-state index in [1.807, 2.05) is 11.8 Å². The molecule has 0 fully saturated rings. The number of fused-ring (bicyclic) bond motifs is 2. The number of carbonyl (C=O) groups excluding carboxylic acids is 1. The van der Waals surface area contributed by atoms with Gasteiger partial charge in [0.25, 0.3) is 5.91 Å². The van der Waals surface area contributed by atoms with Crippen molar-refractivity contribution >= 4 is 27.5 Å². The number of amides is 1. The molecule has 7 nitrogen and oxygen atoms in total. The molecule has 0 spiro atoms. The molecule has 4 heterocycles. The van der Waals surface area contributed by atoms with Gasteiger partial charge in [0.05, 0.1) is 15.9 Å². The Labute approximate surface area is 146 Å². The number of nitrogens with zero attached hydrogens (tertiary/aromatic N) is 6. The van der Waals surface area contributed by atoms with E-state index >= 15 is 0 Å². The zero-order chi connectivity index (χ0) is 16.7. The summed E-state index contributed by atoms with van der Waals surface area (Å²) >= 11 is 3.36. The largest absolute Gasteiger partial charge is 0.337 e. The number of aryl methyl sites for hydroxylation is 1. The third-order valence-electron chi connectivity index (χ3n) is 4.14. The lowest BCUT2D eigenvalue weighted by atomic mass is 10.1. The Hall–Kier alpha value is -2.35. The van der Waals surface area contributed by atoms with Crippen LogP contribution in [0.15, 0.2) is 29.0 Å². The number of hydrogen-bond acceptors (Lipinski definition) is 5. The van der Waals surface area contributed by atoms with E-state index in [1.165, 1.54) is 5.56 Å². The highest BCUT2D eigenvalue weighted by atomic mass is 79.9. The van der Waals surface area contributed by atoms with Crippen molar-refractivity contribution in [3.63, 3.8) is 0 Å². The molecule has 0 radical (unpaired) electrons. The van der Waals surface area contributed by atoms with Crippen molar-refractivity contribution < 1.29 is 4.79 Å². The smallest absolute Gasteiger partial charge is 0.274 e. The van der Waals surface area contributed by atoms with Gasteiger partial charge in [-0.05, 0) is 40.9 Å². The number of halogens is 1. The van der Waals surface area contributed by atoms with Crippen LogP contribution in [0.25, 0.3) is 5.65 Å². The molecular weight excluding hydrogens is 372 g/mol. The summed E-state index contributed by atoms with van der Waals surface area (Å²) in [5.41, 5.74) is 4.13. The summed E-state index contributed by atoms with van der Waals surface area (Å²) < 4.78 is 2.43. The Balaban J connectivity index is 1.58. The molecule has 24 heavy (non-hydrogen) atoms. The van der Waals surface area contributed by atoms with Gasteiger partial charge in [0.1, 0.15) is 0 Å². The summed E-state index contributed by atoms with van der Waals surface area (Å²) in [7, 11) is 0. The fourth-order valence-electron chi connectivity index (χ4n) is 2.93. The molecule has 0 aromatic carbocycles. The molecule has 0 aliphatic carbocycles. The van der Waals surface area contributed by atoms with Crippen LogP contribution in [0.4, 0.5) is 0 Å². The van der Waals surface area contributed by atoms with Gasteiger partial charge in [-0.3, -0.25) is 4.79 Å². The second-order valence-corrected chi connectivity index (χ2v) is 6.77. The van der Waals surface area contributed by atoms with Crippen molar-refractivity contribution in [1.82, 2.24) is 29.7 Å². The van der Waals surface area contributed by atoms with E-state index < -0.39 is 0 Å². The third kappa shape index (κ3) is 2.77. The fraction of sp³-hybridized carbons (Fsp3) is 0.312. The lowest BCUT2D eigenvalue weighted by Gasteiger charge is -2.18. The molecule has 122 valence electrons. The SMILES string of the molecule is Cc1cc2c(nn1)CCN(C(=O)c1cc3ncc(Br)cn3n1)CC2. The highest BCUT2D eigenvalue weighted by molar-refractivity contribution is 9.10. The number of hydrogen-bond donors (Lipinski definition) is 0. The van der Waals surface area contributed by atoms with Crippen molar-refractivity contribution in [2.45, 2.75) is 19.8 Å². The van der Waals surface area contributed by atoms with Crippen molar-refractivity contribution in [1.29, 1.82) is 0 Å². The first kappa shape index (κ1) is 15.2. The summed E-state index contributed by atoms with van der Waals surface area (Å²) in [4.78, 5) is 18.9. The lowest BCUT2D eigenvalue weighted by molar-refractivity contribution is 0.0756. The Kier molecular flexibility index (Phi) is 3.76. The van der Waals surface area contributed by atoms with Gasteiger partial charge in [-0.1, -0.05) is 0 Å². The third-order valence-corrected chi connectivity index (χ3v) is 4.55. The minimum atomic E-state index is -0.0749. The van der Waals surface area contributed by atoms with Crippen LogP contribution in [-0.4, -0.2) is 48.7 Å². The predicted molar refractivity (Wildman–Crippen MR) is 90.8 cm³/mol. The van der Waals surface area contributed by atoms with Crippen LogP contribution in [0.3, 0.4) is 0 Å². The van der Waals surface area contributed by atoms with E-state index in [4.69, 9.17) is 0 Å². The van der Waals surface area contributed by atoms with Crippen molar-refractivity contribution in [3.05, 3.63) is 51.6 Å². The Morgan fingerprint density at radius 1 is 1.21 bits per heavy atom. The van der Waals surface area contributed by atoms with Crippen LogP contribution in [0.5, 0.6) is 0 Å². The van der Waals surface area contributed by atoms with E-state index in [9.17, 15) is 4.79 Å². The van der Waals surface area contributed by atoms with Crippen LogP contribution >= 0.6 is 15.9 Å². The molecule has 1 amide bonds. The standard InChI is InChI=1S/C16H15BrN6O/c1-10-6-11-2-4-22(5-3-13(11)20-19-10)16(24)14-7-15-18-8-12(17)9-23(15)21-14/h6-9H,2-5H2,1H3. The topological polar surface area (TPSA) is 76.3 Å². The molecule has 0 saturated heterocycles. The number of aromatic nitrogens is 5. The Morgan fingerprint density at radius 2 is 2.04 bits per heavy atom. The highest BCUT2D eigenvalue weighted by Crippen LogP contribution is 2.16. The molecule has 0 atom stereocenters. The van der Waals surface area contributed by atoms with E-state index in [1.54, 1.807) is 23.0 Å². The molecule has 1 aliphatic rings. The molecule has 3 aromatic heterocycles. The molecule has 0 saturated carbocycles. The first-order valence-corrected chi connectivity index (χ1v) is 8.52. The molecule has 0 N–H and O–H groups in total. The second kappa shape index (κ2) is 5.94. The zero-order valence-corrected chi connectivity index (χ0v) is 14.7. The van der Waals surface area contributed by atoms with Gasteiger partial charge in [-0.15, -0.1) is 0 Å². The van der Waals surface area contributed by atoms with Crippen LogP contribution in [0.2, 0.25) is 0 Å². The molecule has 8 heteroatoms. The normalized spacial score (nSPS) is 14.5. The summed E-state index contributed by atoms with van der Waals surface area (Å²) in [5, 5.41) is 12.7. The summed E-state index contributed by atoms with van der Waals surface area (Å²) in [6.07, 6.45) is 4.98. The van der Waals surface area contributed by atoms with E-state index in [0.29, 0.717) is 30.9 Å². The van der Waals surface area contributed by atoms with Crippen LogP contribution < -0.4 is 0 Å². The van der Waals surface area contributed by atoms with Gasteiger partial charge in [-0.2, -0.15) is 15.3 Å². The first-order chi connectivity index (χ1) is 11.6. The zero-order valence-electron chi connectivity index (χ0n) is 13.1. The van der Waals surface area contributed by atoms with Gasteiger partial charge < -0.3 is 4.90 Å². The van der Waals surface area contributed by atoms with Crippen LogP contribution in [0.1, 0.15) is 27.4 Å². The van der Waals surface area contributed by atoms with Gasteiger partial charge in [-0.25, -0.2) is 9.50 Å². The molecule has 1 aliphatic heterocycles.